The second kappa shape index (κ2) is 7.08. The van der Waals surface area contributed by atoms with Gasteiger partial charge in [-0.3, -0.25) is 0 Å². The average Bonchev–Trinajstić information content (AvgIpc) is 2.23. The Labute approximate surface area is 101 Å². The van der Waals surface area contributed by atoms with E-state index in [0.29, 0.717) is 0 Å². The summed E-state index contributed by atoms with van der Waals surface area (Å²) in [6.45, 7) is 9.89. The molecule has 0 spiro atoms. The summed E-state index contributed by atoms with van der Waals surface area (Å²) in [6, 6.07) is 0. The Morgan fingerprint density at radius 3 is 2.56 bits per heavy atom. The summed E-state index contributed by atoms with van der Waals surface area (Å²) in [4.78, 5) is 0. The lowest BCUT2D eigenvalue weighted by Crippen LogP contribution is -2.40. The molecule has 0 atom stereocenters. The van der Waals surface area contributed by atoms with Gasteiger partial charge in [0.15, 0.2) is 0 Å². The van der Waals surface area contributed by atoms with Gasteiger partial charge in [-0.15, -0.1) is 0 Å². The predicted molar refractivity (Wildman–Crippen MR) is 71.8 cm³/mol. The molecule has 2 heteroatoms. The first kappa shape index (κ1) is 13.7. The molecule has 0 saturated carbocycles. The van der Waals surface area contributed by atoms with Gasteiger partial charge in [-0.2, -0.15) is 0 Å². The molecule has 1 aliphatic carbocycles. The first-order chi connectivity index (χ1) is 7.58. The molecule has 2 N–H and O–H groups in total. The molecule has 0 amide bonds. The molecule has 1 rings (SSSR count). The van der Waals surface area contributed by atoms with Crippen LogP contribution in [0, 0.1) is 0 Å². The molecule has 16 heavy (non-hydrogen) atoms. The fourth-order valence-electron chi connectivity index (χ4n) is 2.03. The van der Waals surface area contributed by atoms with Gasteiger partial charge in [0.2, 0.25) is 0 Å². The van der Waals surface area contributed by atoms with Gasteiger partial charge in [0, 0.05) is 18.6 Å². The predicted octanol–water partition coefficient (Wildman–Crippen LogP) is 2.85. The Balaban J connectivity index is 1.94. The maximum Gasteiger partial charge on any atom is 0.00970 e. The van der Waals surface area contributed by atoms with Crippen LogP contribution in [0.25, 0.3) is 0 Å². The molecule has 0 radical (unpaired) electrons. The smallest absolute Gasteiger partial charge is 0.00970 e. The van der Waals surface area contributed by atoms with Crippen molar-refractivity contribution in [2.75, 3.05) is 19.6 Å². The maximum absolute atomic E-state index is 3.50. The molecule has 0 aromatic heterocycles. The first-order valence-electron chi connectivity index (χ1n) is 6.71. The van der Waals surface area contributed by atoms with Crippen molar-refractivity contribution in [1.82, 2.24) is 10.6 Å². The zero-order valence-electron chi connectivity index (χ0n) is 11.2. The van der Waals surface area contributed by atoms with Gasteiger partial charge in [-0.05, 0) is 59.4 Å². The third kappa shape index (κ3) is 7.02. The normalized spacial score (nSPS) is 17.3. The van der Waals surface area contributed by atoms with Crippen molar-refractivity contribution >= 4 is 0 Å². The van der Waals surface area contributed by atoms with Crippen LogP contribution in [-0.4, -0.2) is 25.2 Å². The number of hydrogen-bond acceptors (Lipinski definition) is 2. The van der Waals surface area contributed by atoms with Gasteiger partial charge in [0.1, 0.15) is 0 Å². The molecular formula is C14H28N2. The van der Waals surface area contributed by atoms with E-state index in [9.17, 15) is 0 Å². The third-order valence-corrected chi connectivity index (χ3v) is 2.97. The van der Waals surface area contributed by atoms with Gasteiger partial charge in [-0.1, -0.05) is 11.6 Å². The van der Waals surface area contributed by atoms with E-state index in [2.05, 4.69) is 37.5 Å². The highest BCUT2D eigenvalue weighted by molar-refractivity contribution is 5.05. The molecule has 0 aliphatic heterocycles. The molecule has 1 aliphatic rings. The molecule has 0 aromatic rings. The van der Waals surface area contributed by atoms with Crippen LogP contribution >= 0.6 is 0 Å². The quantitative estimate of drug-likeness (QED) is 0.535. The van der Waals surface area contributed by atoms with Crippen LogP contribution in [0.1, 0.15) is 52.9 Å². The monoisotopic (exact) mass is 224 g/mol. The molecule has 94 valence electrons. The summed E-state index contributed by atoms with van der Waals surface area (Å²) >= 11 is 0. The van der Waals surface area contributed by atoms with Crippen molar-refractivity contribution in [2.24, 2.45) is 0 Å². The van der Waals surface area contributed by atoms with Gasteiger partial charge in [0.05, 0.1) is 0 Å². The standard InChI is InChI=1S/C14H28N2/c1-14(2,3)16-12-11-15-10-9-13-7-5-4-6-8-13/h7,15-16H,4-6,8-12H2,1-3H3. The zero-order chi connectivity index (χ0) is 11.9. The topological polar surface area (TPSA) is 24.1 Å². The second-order valence-electron chi connectivity index (χ2n) is 5.78. The summed E-state index contributed by atoms with van der Waals surface area (Å²) in [5, 5.41) is 6.99. The molecule has 0 bridgehead atoms. The van der Waals surface area contributed by atoms with Gasteiger partial charge in [-0.25, -0.2) is 0 Å². The van der Waals surface area contributed by atoms with Crippen LogP contribution in [0.3, 0.4) is 0 Å². The van der Waals surface area contributed by atoms with Crippen molar-refractivity contribution < 1.29 is 0 Å². The van der Waals surface area contributed by atoms with Crippen molar-refractivity contribution in [3.05, 3.63) is 11.6 Å². The van der Waals surface area contributed by atoms with E-state index < -0.39 is 0 Å². The summed E-state index contributed by atoms with van der Waals surface area (Å²) in [6.07, 6.45) is 9.13. The minimum Gasteiger partial charge on any atom is -0.315 e. The van der Waals surface area contributed by atoms with E-state index in [1.165, 1.54) is 32.1 Å². The highest BCUT2D eigenvalue weighted by Crippen LogP contribution is 2.19. The van der Waals surface area contributed by atoms with E-state index in [1.54, 1.807) is 5.57 Å². The molecule has 0 aromatic carbocycles. The minimum absolute atomic E-state index is 0.244. The molecule has 0 fully saturated rings. The largest absolute Gasteiger partial charge is 0.315 e. The third-order valence-electron chi connectivity index (χ3n) is 2.97. The maximum atomic E-state index is 3.50. The lowest BCUT2D eigenvalue weighted by atomic mass is 9.97. The molecule has 0 heterocycles. The molecular weight excluding hydrogens is 196 g/mol. The Morgan fingerprint density at radius 2 is 1.94 bits per heavy atom. The number of hydrogen-bond donors (Lipinski definition) is 2. The lowest BCUT2D eigenvalue weighted by Gasteiger charge is -2.20. The highest BCUT2D eigenvalue weighted by atomic mass is 15.0. The zero-order valence-corrected chi connectivity index (χ0v) is 11.2. The minimum atomic E-state index is 0.244. The average molecular weight is 224 g/mol. The van der Waals surface area contributed by atoms with Crippen LogP contribution in [0.4, 0.5) is 0 Å². The summed E-state index contributed by atoms with van der Waals surface area (Å²) < 4.78 is 0. The Kier molecular flexibility index (Phi) is 6.07. The Morgan fingerprint density at radius 1 is 1.12 bits per heavy atom. The van der Waals surface area contributed by atoms with Crippen molar-refractivity contribution in [2.45, 2.75) is 58.4 Å². The number of allylic oxidation sites excluding steroid dienone is 1. The highest BCUT2D eigenvalue weighted by Gasteiger charge is 2.07. The van der Waals surface area contributed by atoms with E-state index in [-0.39, 0.29) is 5.54 Å². The van der Waals surface area contributed by atoms with E-state index >= 15 is 0 Å². The summed E-state index contributed by atoms with van der Waals surface area (Å²) in [5.74, 6) is 0. The van der Waals surface area contributed by atoms with Crippen LogP contribution in [0.5, 0.6) is 0 Å². The van der Waals surface area contributed by atoms with E-state index in [0.717, 1.165) is 19.6 Å². The SMILES string of the molecule is CC(C)(C)NCCNCCC1=CCCCC1. The van der Waals surface area contributed by atoms with Crippen LogP contribution < -0.4 is 10.6 Å². The van der Waals surface area contributed by atoms with Crippen LogP contribution in [-0.2, 0) is 0 Å². The van der Waals surface area contributed by atoms with Crippen molar-refractivity contribution in [1.29, 1.82) is 0 Å². The van der Waals surface area contributed by atoms with Crippen LogP contribution in [0.2, 0.25) is 0 Å². The van der Waals surface area contributed by atoms with Crippen molar-refractivity contribution in [3.8, 4) is 0 Å². The van der Waals surface area contributed by atoms with Gasteiger partial charge < -0.3 is 10.6 Å². The molecule has 2 nitrogen and oxygen atoms in total. The van der Waals surface area contributed by atoms with E-state index in [4.69, 9.17) is 0 Å². The van der Waals surface area contributed by atoms with Gasteiger partial charge in [0.25, 0.3) is 0 Å². The summed E-state index contributed by atoms with van der Waals surface area (Å²) in [5.41, 5.74) is 1.91. The van der Waals surface area contributed by atoms with Gasteiger partial charge >= 0.3 is 0 Å². The number of rotatable bonds is 6. The molecule has 0 unspecified atom stereocenters. The first-order valence-corrected chi connectivity index (χ1v) is 6.71. The fraction of sp³-hybridized carbons (Fsp3) is 0.857. The Hall–Kier alpha value is -0.340. The summed E-state index contributed by atoms with van der Waals surface area (Å²) in [7, 11) is 0. The molecule has 0 saturated heterocycles. The number of nitrogens with one attached hydrogen (secondary N) is 2. The van der Waals surface area contributed by atoms with Crippen LogP contribution in [0.15, 0.2) is 11.6 Å². The van der Waals surface area contributed by atoms with Crippen molar-refractivity contribution in [3.63, 3.8) is 0 Å². The fourth-order valence-corrected chi connectivity index (χ4v) is 2.03. The Bertz CT molecular complexity index is 213. The lowest BCUT2D eigenvalue weighted by molar-refractivity contribution is 0.422. The second-order valence-corrected chi connectivity index (χ2v) is 5.78. The van der Waals surface area contributed by atoms with E-state index in [1.807, 2.05) is 0 Å².